The Kier molecular flexibility index (Phi) is 7.57. The molecule has 166 valence electrons. The fourth-order valence-electron chi connectivity index (χ4n) is 2.55. The van der Waals surface area contributed by atoms with Gasteiger partial charge in [0.15, 0.2) is 15.8 Å². The predicted octanol–water partition coefficient (Wildman–Crippen LogP) is 3.45. The van der Waals surface area contributed by atoms with Crippen molar-refractivity contribution in [1.29, 1.82) is 0 Å². The van der Waals surface area contributed by atoms with Gasteiger partial charge in [0.25, 0.3) is 11.6 Å². The Balaban J connectivity index is 1.56. The molecule has 0 atom stereocenters. The number of methoxy groups -OCH3 is 2. The van der Waals surface area contributed by atoms with Crippen molar-refractivity contribution < 1.29 is 24.0 Å². The zero-order chi connectivity index (χ0) is 23.1. The van der Waals surface area contributed by atoms with Crippen LogP contribution in [0.3, 0.4) is 0 Å². The number of hydrogen-bond acceptors (Lipinski definition) is 10. The SMILES string of the molecule is COc1ccc(NC(=O)CSc2nnc(NC(=O)c3ccccc3[N+](=O)[O-])s2)cc1OC. The van der Waals surface area contributed by atoms with Crippen molar-refractivity contribution in [2.45, 2.75) is 4.34 Å². The maximum Gasteiger partial charge on any atom is 0.282 e. The lowest BCUT2D eigenvalue weighted by Crippen LogP contribution is -2.14. The van der Waals surface area contributed by atoms with Crippen molar-refractivity contribution in [3.63, 3.8) is 0 Å². The average molecular weight is 476 g/mol. The first kappa shape index (κ1) is 23.0. The second kappa shape index (κ2) is 10.5. The molecule has 2 aromatic carbocycles. The standard InChI is InChI=1S/C19H17N5O6S2/c1-29-14-8-7-11(9-15(14)30-2)20-16(25)10-31-19-23-22-18(32-19)21-17(26)12-5-3-4-6-13(12)24(27)28/h3-9H,10H2,1-2H3,(H,20,25)(H,21,22,26). The van der Waals surface area contributed by atoms with Crippen molar-refractivity contribution in [3.05, 3.63) is 58.1 Å². The Morgan fingerprint density at radius 3 is 2.56 bits per heavy atom. The van der Waals surface area contributed by atoms with Gasteiger partial charge in [0.05, 0.1) is 24.9 Å². The van der Waals surface area contributed by atoms with Crippen LogP contribution in [0.2, 0.25) is 0 Å². The van der Waals surface area contributed by atoms with Gasteiger partial charge >= 0.3 is 0 Å². The molecular formula is C19H17N5O6S2. The van der Waals surface area contributed by atoms with Crippen molar-refractivity contribution in [2.24, 2.45) is 0 Å². The highest BCUT2D eigenvalue weighted by Gasteiger charge is 2.20. The monoisotopic (exact) mass is 475 g/mol. The van der Waals surface area contributed by atoms with Gasteiger partial charge in [-0.15, -0.1) is 10.2 Å². The number of benzene rings is 2. The minimum Gasteiger partial charge on any atom is -0.493 e. The van der Waals surface area contributed by atoms with E-state index >= 15 is 0 Å². The largest absolute Gasteiger partial charge is 0.493 e. The lowest BCUT2D eigenvalue weighted by molar-refractivity contribution is -0.385. The smallest absolute Gasteiger partial charge is 0.282 e. The van der Waals surface area contributed by atoms with Gasteiger partial charge in [-0.2, -0.15) is 0 Å². The molecule has 0 unspecified atom stereocenters. The fourth-order valence-corrected chi connectivity index (χ4v) is 4.09. The molecule has 3 rings (SSSR count). The van der Waals surface area contributed by atoms with E-state index in [-0.39, 0.29) is 28.0 Å². The van der Waals surface area contributed by atoms with E-state index < -0.39 is 10.8 Å². The molecule has 1 aromatic heterocycles. The number of ether oxygens (including phenoxy) is 2. The van der Waals surface area contributed by atoms with Gasteiger partial charge < -0.3 is 14.8 Å². The van der Waals surface area contributed by atoms with Gasteiger partial charge in [0.1, 0.15) is 5.56 Å². The van der Waals surface area contributed by atoms with Gasteiger partial charge in [0.2, 0.25) is 11.0 Å². The topological polar surface area (TPSA) is 146 Å². The van der Waals surface area contributed by atoms with E-state index in [2.05, 4.69) is 20.8 Å². The lowest BCUT2D eigenvalue weighted by atomic mass is 10.1. The van der Waals surface area contributed by atoms with E-state index in [0.717, 1.165) is 23.1 Å². The first-order valence-electron chi connectivity index (χ1n) is 8.94. The quantitative estimate of drug-likeness (QED) is 0.206. The number of aromatic nitrogens is 2. The third-order valence-corrected chi connectivity index (χ3v) is 5.94. The molecule has 11 nitrogen and oxygen atoms in total. The number of anilines is 2. The summed E-state index contributed by atoms with van der Waals surface area (Å²) in [5, 5.41) is 24.2. The highest BCUT2D eigenvalue weighted by atomic mass is 32.2. The molecule has 0 aliphatic carbocycles. The minimum absolute atomic E-state index is 0.0566. The van der Waals surface area contributed by atoms with Crippen LogP contribution in [0.1, 0.15) is 10.4 Å². The molecule has 2 amide bonds. The van der Waals surface area contributed by atoms with E-state index in [1.807, 2.05) is 0 Å². The second-order valence-electron chi connectivity index (χ2n) is 6.01. The zero-order valence-electron chi connectivity index (χ0n) is 16.9. The molecule has 0 saturated heterocycles. The van der Waals surface area contributed by atoms with Crippen LogP contribution in [0.25, 0.3) is 0 Å². The molecule has 0 aliphatic rings. The zero-order valence-corrected chi connectivity index (χ0v) is 18.5. The van der Waals surface area contributed by atoms with Crippen LogP contribution in [-0.2, 0) is 4.79 Å². The molecule has 1 heterocycles. The van der Waals surface area contributed by atoms with Crippen LogP contribution in [0.4, 0.5) is 16.5 Å². The molecule has 0 aliphatic heterocycles. The molecule has 0 fully saturated rings. The van der Waals surface area contributed by atoms with Crippen LogP contribution in [0.15, 0.2) is 46.8 Å². The Bertz CT molecular complexity index is 1150. The van der Waals surface area contributed by atoms with Crippen molar-refractivity contribution >= 4 is 51.4 Å². The summed E-state index contributed by atoms with van der Waals surface area (Å²) in [5.41, 5.74) is 0.148. The maximum atomic E-state index is 12.3. The lowest BCUT2D eigenvalue weighted by Gasteiger charge is -2.10. The molecule has 0 radical (unpaired) electrons. The number of thioether (sulfide) groups is 1. The van der Waals surface area contributed by atoms with E-state index in [4.69, 9.17) is 9.47 Å². The van der Waals surface area contributed by atoms with Gasteiger partial charge in [-0.05, 0) is 18.2 Å². The highest BCUT2D eigenvalue weighted by molar-refractivity contribution is 8.01. The summed E-state index contributed by atoms with van der Waals surface area (Å²) in [6.07, 6.45) is 0. The third kappa shape index (κ3) is 5.70. The third-order valence-electron chi connectivity index (χ3n) is 3.97. The fraction of sp³-hybridized carbons (Fsp3) is 0.158. The second-order valence-corrected chi connectivity index (χ2v) is 8.21. The van der Waals surface area contributed by atoms with Crippen LogP contribution >= 0.6 is 23.1 Å². The Morgan fingerprint density at radius 2 is 1.84 bits per heavy atom. The number of rotatable bonds is 9. The van der Waals surface area contributed by atoms with E-state index in [0.29, 0.717) is 21.5 Å². The Hall–Kier alpha value is -3.71. The summed E-state index contributed by atoms with van der Waals surface area (Å²) in [6, 6.07) is 10.6. The summed E-state index contributed by atoms with van der Waals surface area (Å²) in [7, 11) is 3.02. The number of nitro groups is 1. The van der Waals surface area contributed by atoms with Crippen LogP contribution in [0.5, 0.6) is 11.5 Å². The normalized spacial score (nSPS) is 10.3. The number of amides is 2. The predicted molar refractivity (Wildman–Crippen MR) is 120 cm³/mol. The van der Waals surface area contributed by atoms with Crippen molar-refractivity contribution in [3.8, 4) is 11.5 Å². The number of hydrogen-bond donors (Lipinski definition) is 2. The number of carbonyl (C=O) groups is 2. The van der Waals surface area contributed by atoms with Crippen molar-refractivity contribution in [1.82, 2.24) is 10.2 Å². The van der Waals surface area contributed by atoms with Gasteiger partial charge in [-0.3, -0.25) is 25.0 Å². The van der Waals surface area contributed by atoms with Crippen LogP contribution in [-0.4, -0.2) is 46.9 Å². The summed E-state index contributed by atoms with van der Waals surface area (Å²) < 4.78 is 10.8. The Labute approximate surface area is 190 Å². The van der Waals surface area contributed by atoms with Crippen molar-refractivity contribution in [2.75, 3.05) is 30.6 Å². The highest BCUT2D eigenvalue weighted by Crippen LogP contribution is 2.30. The van der Waals surface area contributed by atoms with Gasteiger partial charge in [0, 0.05) is 17.8 Å². The minimum atomic E-state index is -0.670. The first-order valence-corrected chi connectivity index (χ1v) is 10.7. The van der Waals surface area contributed by atoms with Gasteiger partial charge in [-0.25, -0.2) is 0 Å². The molecule has 13 heteroatoms. The number of nitro benzene ring substituents is 1. The molecule has 2 N–H and O–H groups in total. The summed E-state index contributed by atoms with van der Waals surface area (Å²) in [6.45, 7) is 0. The van der Waals surface area contributed by atoms with E-state index in [9.17, 15) is 19.7 Å². The summed E-state index contributed by atoms with van der Waals surface area (Å²) in [4.78, 5) is 35.0. The summed E-state index contributed by atoms with van der Waals surface area (Å²) in [5.74, 6) is 0.144. The number of nitrogens with zero attached hydrogens (tertiary/aromatic N) is 3. The van der Waals surface area contributed by atoms with Crippen LogP contribution < -0.4 is 20.1 Å². The molecule has 0 spiro atoms. The van der Waals surface area contributed by atoms with Crippen LogP contribution in [0, 0.1) is 10.1 Å². The molecule has 0 bridgehead atoms. The number of nitrogens with one attached hydrogen (secondary N) is 2. The van der Waals surface area contributed by atoms with E-state index in [1.165, 1.54) is 38.5 Å². The number of para-hydroxylation sites is 1. The first-order chi connectivity index (χ1) is 15.4. The van der Waals surface area contributed by atoms with Gasteiger partial charge in [-0.1, -0.05) is 35.2 Å². The molecule has 32 heavy (non-hydrogen) atoms. The Morgan fingerprint density at radius 1 is 1.09 bits per heavy atom. The maximum absolute atomic E-state index is 12.3. The number of carbonyl (C=O) groups excluding carboxylic acids is 2. The summed E-state index contributed by atoms with van der Waals surface area (Å²) >= 11 is 2.19. The molecule has 3 aromatic rings. The molecular weight excluding hydrogens is 458 g/mol. The molecule has 0 saturated carbocycles. The average Bonchev–Trinajstić information content (AvgIpc) is 3.24. The van der Waals surface area contributed by atoms with E-state index in [1.54, 1.807) is 18.2 Å².